The van der Waals surface area contributed by atoms with E-state index in [1.54, 1.807) is 0 Å². The predicted octanol–water partition coefficient (Wildman–Crippen LogP) is 4.53. The zero-order valence-electron chi connectivity index (χ0n) is 24.6. The van der Waals surface area contributed by atoms with Gasteiger partial charge in [0.05, 0.1) is 26.1 Å². The van der Waals surface area contributed by atoms with Crippen LogP contribution in [0.1, 0.15) is 97.8 Å². The second kappa shape index (κ2) is 12.4. The first-order valence-corrected chi connectivity index (χ1v) is 15.2. The van der Waals surface area contributed by atoms with Crippen molar-refractivity contribution in [3.63, 3.8) is 0 Å². The number of carbonyl (C=O) groups excluding carboxylic acids is 3. The zero-order chi connectivity index (χ0) is 29.2. The molecule has 0 aromatic carbocycles. The van der Waals surface area contributed by atoms with Gasteiger partial charge in [0.25, 0.3) is 0 Å². The lowest BCUT2D eigenvalue weighted by atomic mass is 9.43. The summed E-state index contributed by atoms with van der Waals surface area (Å²) in [7, 11) is 1.21. The van der Waals surface area contributed by atoms with Crippen LogP contribution >= 0.6 is 0 Å². The minimum absolute atomic E-state index is 0.0817. The molecular formula is C31H48O9. The standard InChI is InChI=1S/C31H48O9/c1-18(5-10-26(33)34)22-8-9-23-21-7-6-19-15-20(40-28(36)12-11-27(35)39-17-29(37)38-4)13-14-30(19,2)24(21)16-25(32)31(22,23)3/h18-25,32H,5-17H2,1-4H3,(H,33,34). The van der Waals surface area contributed by atoms with Gasteiger partial charge in [0, 0.05) is 6.42 Å². The summed E-state index contributed by atoms with van der Waals surface area (Å²) < 4.78 is 15.0. The molecule has 4 aliphatic rings. The lowest BCUT2D eigenvalue weighted by Crippen LogP contribution is -2.59. The number of esters is 3. The van der Waals surface area contributed by atoms with Gasteiger partial charge in [-0.25, -0.2) is 4.79 Å². The topological polar surface area (TPSA) is 136 Å². The fourth-order valence-electron chi connectivity index (χ4n) is 9.52. The summed E-state index contributed by atoms with van der Waals surface area (Å²) in [6, 6.07) is 0. The highest BCUT2D eigenvalue weighted by atomic mass is 16.6. The van der Waals surface area contributed by atoms with Crippen LogP contribution in [0, 0.1) is 46.3 Å². The quantitative estimate of drug-likeness (QED) is 0.290. The molecule has 9 nitrogen and oxygen atoms in total. The van der Waals surface area contributed by atoms with Crippen molar-refractivity contribution in [3.05, 3.63) is 0 Å². The molecule has 4 aliphatic carbocycles. The van der Waals surface area contributed by atoms with Gasteiger partial charge in [-0.15, -0.1) is 0 Å². The van der Waals surface area contributed by atoms with E-state index in [0.29, 0.717) is 36.0 Å². The lowest BCUT2D eigenvalue weighted by molar-refractivity contribution is -0.182. The number of methoxy groups -OCH3 is 1. The molecule has 0 saturated heterocycles. The number of ether oxygens (including phenoxy) is 3. The fraction of sp³-hybridized carbons (Fsp3) is 0.871. The van der Waals surface area contributed by atoms with Crippen LogP contribution in [0.4, 0.5) is 0 Å². The van der Waals surface area contributed by atoms with Gasteiger partial charge in [-0.05, 0) is 104 Å². The number of carboxylic acids is 1. The maximum absolute atomic E-state index is 12.5. The van der Waals surface area contributed by atoms with Crippen LogP contribution < -0.4 is 0 Å². The molecule has 0 aliphatic heterocycles. The van der Waals surface area contributed by atoms with E-state index in [9.17, 15) is 29.4 Å². The zero-order valence-corrected chi connectivity index (χ0v) is 24.6. The normalized spacial score (nSPS) is 39.2. The summed E-state index contributed by atoms with van der Waals surface area (Å²) >= 11 is 0. The number of carbonyl (C=O) groups is 4. The number of aliphatic carboxylic acids is 1. The van der Waals surface area contributed by atoms with Crippen LogP contribution in [-0.2, 0) is 33.4 Å². The molecule has 40 heavy (non-hydrogen) atoms. The summed E-state index contributed by atoms with van der Waals surface area (Å²) in [5.41, 5.74) is -0.0636. The van der Waals surface area contributed by atoms with Crippen molar-refractivity contribution in [3.8, 4) is 0 Å². The monoisotopic (exact) mass is 564 g/mol. The highest BCUT2D eigenvalue weighted by Gasteiger charge is 2.63. The van der Waals surface area contributed by atoms with Gasteiger partial charge in [0.1, 0.15) is 6.10 Å². The van der Waals surface area contributed by atoms with Gasteiger partial charge in [-0.1, -0.05) is 20.8 Å². The molecule has 0 aromatic rings. The SMILES string of the molecule is COC(=O)COC(=O)CCC(=O)OC1CCC2(C)C(CCC3C2CC(O)C2(C)C(C(C)CCC(=O)O)CCC32)C1. The average Bonchev–Trinajstić information content (AvgIpc) is 3.28. The summed E-state index contributed by atoms with van der Waals surface area (Å²) in [6.07, 6.45) is 7.81. The Hall–Kier alpha value is -2.16. The summed E-state index contributed by atoms with van der Waals surface area (Å²) in [5.74, 6) is 0.0793. The third-order valence-corrected chi connectivity index (χ3v) is 11.7. The summed E-state index contributed by atoms with van der Waals surface area (Å²) in [5, 5.41) is 20.9. The van der Waals surface area contributed by atoms with E-state index in [2.05, 4.69) is 25.5 Å². The Morgan fingerprint density at radius 1 is 0.900 bits per heavy atom. The van der Waals surface area contributed by atoms with Crippen LogP contribution in [0.2, 0.25) is 0 Å². The third-order valence-electron chi connectivity index (χ3n) is 11.7. The maximum Gasteiger partial charge on any atom is 0.344 e. The largest absolute Gasteiger partial charge is 0.481 e. The maximum atomic E-state index is 12.5. The van der Waals surface area contributed by atoms with Crippen molar-refractivity contribution in [2.75, 3.05) is 13.7 Å². The molecule has 226 valence electrons. The van der Waals surface area contributed by atoms with Gasteiger partial charge in [0.2, 0.25) is 0 Å². The Morgan fingerprint density at radius 3 is 2.33 bits per heavy atom. The number of aliphatic hydroxyl groups is 1. The van der Waals surface area contributed by atoms with Gasteiger partial charge >= 0.3 is 23.9 Å². The molecule has 10 atom stereocenters. The van der Waals surface area contributed by atoms with Crippen LogP contribution in [0.15, 0.2) is 0 Å². The van der Waals surface area contributed by atoms with E-state index >= 15 is 0 Å². The van der Waals surface area contributed by atoms with Crippen LogP contribution in [0.5, 0.6) is 0 Å². The Morgan fingerprint density at radius 2 is 1.62 bits per heavy atom. The number of carboxylic acid groups (broad SMARTS) is 1. The van der Waals surface area contributed by atoms with E-state index in [1.807, 2.05) is 0 Å². The van der Waals surface area contributed by atoms with Crippen LogP contribution in [0.3, 0.4) is 0 Å². The Balaban J connectivity index is 1.33. The molecule has 4 rings (SSSR count). The lowest BCUT2D eigenvalue weighted by Gasteiger charge is -2.62. The van der Waals surface area contributed by atoms with Crippen molar-refractivity contribution >= 4 is 23.9 Å². The van der Waals surface area contributed by atoms with E-state index in [4.69, 9.17) is 9.47 Å². The van der Waals surface area contributed by atoms with Crippen molar-refractivity contribution in [2.45, 2.75) is 110 Å². The van der Waals surface area contributed by atoms with Gasteiger partial charge in [0.15, 0.2) is 6.61 Å². The number of fused-ring (bicyclic) bond motifs is 5. The number of aliphatic hydroxyl groups excluding tert-OH is 1. The Bertz CT molecular complexity index is 964. The van der Waals surface area contributed by atoms with Crippen molar-refractivity contribution < 1.29 is 43.6 Å². The first-order valence-electron chi connectivity index (χ1n) is 15.2. The third kappa shape index (κ3) is 6.04. The summed E-state index contributed by atoms with van der Waals surface area (Å²) in [6.45, 7) is 6.38. The molecule has 2 N–H and O–H groups in total. The van der Waals surface area contributed by atoms with E-state index < -0.39 is 30.5 Å². The first kappa shape index (κ1) is 30.8. The fourth-order valence-corrected chi connectivity index (χ4v) is 9.52. The van der Waals surface area contributed by atoms with E-state index in [-0.39, 0.29) is 48.2 Å². The molecular weight excluding hydrogens is 516 g/mol. The number of rotatable bonds is 10. The van der Waals surface area contributed by atoms with E-state index in [0.717, 1.165) is 51.4 Å². The minimum atomic E-state index is -0.749. The van der Waals surface area contributed by atoms with Gasteiger partial charge in [-0.3, -0.25) is 14.4 Å². The molecule has 0 heterocycles. The molecule has 0 aromatic heterocycles. The molecule has 10 unspecified atom stereocenters. The molecule has 9 heteroatoms. The smallest absolute Gasteiger partial charge is 0.344 e. The predicted molar refractivity (Wildman–Crippen MR) is 145 cm³/mol. The second-order valence-electron chi connectivity index (χ2n) is 13.5. The van der Waals surface area contributed by atoms with Crippen molar-refractivity contribution in [2.24, 2.45) is 46.3 Å². The number of hydrogen-bond acceptors (Lipinski definition) is 8. The molecule has 4 saturated carbocycles. The molecule has 4 fully saturated rings. The van der Waals surface area contributed by atoms with E-state index in [1.165, 1.54) is 7.11 Å². The molecule has 0 radical (unpaired) electrons. The van der Waals surface area contributed by atoms with Gasteiger partial charge in [-0.2, -0.15) is 0 Å². The van der Waals surface area contributed by atoms with Gasteiger partial charge < -0.3 is 24.4 Å². The Labute approximate surface area is 237 Å². The molecule has 0 spiro atoms. The minimum Gasteiger partial charge on any atom is -0.481 e. The number of hydrogen-bond donors (Lipinski definition) is 2. The first-order chi connectivity index (χ1) is 18.9. The average molecular weight is 565 g/mol. The van der Waals surface area contributed by atoms with Crippen molar-refractivity contribution in [1.82, 2.24) is 0 Å². The molecule has 0 amide bonds. The van der Waals surface area contributed by atoms with Crippen molar-refractivity contribution in [1.29, 1.82) is 0 Å². The van der Waals surface area contributed by atoms with Crippen LogP contribution in [0.25, 0.3) is 0 Å². The highest BCUT2D eigenvalue weighted by molar-refractivity contribution is 5.80. The second-order valence-corrected chi connectivity index (χ2v) is 13.5. The highest BCUT2D eigenvalue weighted by Crippen LogP contribution is 2.68. The van der Waals surface area contributed by atoms with Crippen LogP contribution in [-0.4, -0.2) is 60.0 Å². The molecule has 0 bridgehead atoms. The summed E-state index contributed by atoms with van der Waals surface area (Å²) in [4.78, 5) is 46.5. The Kier molecular flexibility index (Phi) is 9.53.